The highest BCUT2D eigenvalue weighted by atomic mass is 16.7. The lowest BCUT2D eigenvalue weighted by molar-refractivity contribution is -0.139. The van der Waals surface area contributed by atoms with Crippen LogP contribution in [-0.2, 0) is 9.47 Å². The zero-order chi connectivity index (χ0) is 10.2. The summed E-state index contributed by atoms with van der Waals surface area (Å²) in [5, 5.41) is 8.91. The van der Waals surface area contributed by atoms with Crippen molar-refractivity contribution in [2.75, 3.05) is 6.61 Å². The molecular formula is C11H16O3. The fourth-order valence-electron chi connectivity index (χ4n) is 1.96. The van der Waals surface area contributed by atoms with E-state index in [0.29, 0.717) is 6.42 Å². The number of hydrogen-bond acceptors (Lipinski definition) is 3. The summed E-state index contributed by atoms with van der Waals surface area (Å²) in [6.45, 7) is 3.98. The van der Waals surface area contributed by atoms with Crippen molar-refractivity contribution in [2.45, 2.75) is 38.3 Å². The molecule has 3 heteroatoms. The number of ether oxygens (including phenoxy) is 2. The van der Waals surface area contributed by atoms with Crippen molar-refractivity contribution in [1.29, 1.82) is 0 Å². The van der Waals surface area contributed by atoms with E-state index in [1.807, 2.05) is 32.1 Å². The number of aliphatic hydroxyl groups is 1. The first-order valence-electron chi connectivity index (χ1n) is 4.96. The largest absolute Gasteiger partial charge is 0.396 e. The summed E-state index contributed by atoms with van der Waals surface area (Å²) in [6, 6.07) is 0. The van der Waals surface area contributed by atoms with Gasteiger partial charge in [0.1, 0.15) is 12.2 Å². The molecule has 0 saturated carbocycles. The number of fused-ring (bicyclic) bond motifs is 1. The first-order valence-corrected chi connectivity index (χ1v) is 4.96. The molecule has 0 aromatic rings. The van der Waals surface area contributed by atoms with Crippen molar-refractivity contribution in [2.24, 2.45) is 0 Å². The van der Waals surface area contributed by atoms with Crippen molar-refractivity contribution < 1.29 is 14.6 Å². The van der Waals surface area contributed by atoms with Crippen LogP contribution in [0.4, 0.5) is 0 Å². The summed E-state index contributed by atoms with van der Waals surface area (Å²) >= 11 is 0. The molecule has 0 unspecified atom stereocenters. The molecule has 1 saturated heterocycles. The molecule has 2 rings (SSSR count). The topological polar surface area (TPSA) is 38.7 Å². The van der Waals surface area contributed by atoms with Crippen LogP contribution in [-0.4, -0.2) is 29.7 Å². The third-order valence-electron chi connectivity index (χ3n) is 2.51. The van der Waals surface area contributed by atoms with E-state index >= 15 is 0 Å². The van der Waals surface area contributed by atoms with E-state index in [9.17, 15) is 0 Å². The monoisotopic (exact) mass is 196 g/mol. The summed E-state index contributed by atoms with van der Waals surface area (Å²) in [6.07, 6.45) is 6.63. The average molecular weight is 196 g/mol. The van der Waals surface area contributed by atoms with Gasteiger partial charge in [0.15, 0.2) is 5.79 Å². The van der Waals surface area contributed by atoms with Gasteiger partial charge in [-0.3, -0.25) is 0 Å². The highest BCUT2D eigenvalue weighted by molar-refractivity contribution is 5.27. The van der Waals surface area contributed by atoms with Gasteiger partial charge in [-0.15, -0.1) is 0 Å². The van der Waals surface area contributed by atoms with E-state index in [0.717, 1.165) is 5.57 Å². The maximum atomic E-state index is 8.91. The summed E-state index contributed by atoms with van der Waals surface area (Å²) in [5.74, 6) is -0.515. The molecule has 78 valence electrons. The SMILES string of the molecule is CC1(C)O[C@H]2C=CC=C(CCO)[C@H]2O1. The lowest BCUT2D eigenvalue weighted by Crippen LogP contribution is -2.25. The van der Waals surface area contributed by atoms with Crippen molar-refractivity contribution in [3.63, 3.8) is 0 Å². The van der Waals surface area contributed by atoms with Crippen molar-refractivity contribution in [1.82, 2.24) is 0 Å². The van der Waals surface area contributed by atoms with Gasteiger partial charge in [-0.05, 0) is 25.8 Å². The molecule has 0 spiro atoms. The van der Waals surface area contributed by atoms with Crippen molar-refractivity contribution in [3.8, 4) is 0 Å². The Morgan fingerprint density at radius 2 is 2.21 bits per heavy atom. The predicted molar refractivity (Wildman–Crippen MR) is 52.8 cm³/mol. The molecule has 0 bridgehead atoms. The maximum absolute atomic E-state index is 8.91. The smallest absolute Gasteiger partial charge is 0.164 e. The van der Waals surface area contributed by atoms with Crippen LogP contribution in [0.1, 0.15) is 20.3 Å². The predicted octanol–water partition coefficient (Wildman–Crippen LogP) is 1.39. The quantitative estimate of drug-likeness (QED) is 0.725. The van der Waals surface area contributed by atoms with E-state index in [2.05, 4.69) is 0 Å². The fourth-order valence-corrected chi connectivity index (χ4v) is 1.96. The van der Waals surface area contributed by atoms with Gasteiger partial charge in [0.05, 0.1) is 0 Å². The van der Waals surface area contributed by atoms with Gasteiger partial charge in [-0.1, -0.05) is 18.2 Å². The van der Waals surface area contributed by atoms with Crippen LogP contribution in [0, 0.1) is 0 Å². The summed E-state index contributed by atoms with van der Waals surface area (Å²) < 4.78 is 11.5. The van der Waals surface area contributed by atoms with Gasteiger partial charge in [-0.2, -0.15) is 0 Å². The van der Waals surface area contributed by atoms with Gasteiger partial charge >= 0.3 is 0 Å². The zero-order valence-electron chi connectivity index (χ0n) is 8.56. The fraction of sp³-hybridized carbons (Fsp3) is 0.636. The number of aliphatic hydroxyl groups excluding tert-OH is 1. The minimum absolute atomic E-state index is 0.0107. The first kappa shape index (κ1) is 9.90. The van der Waals surface area contributed by atoms with Crippen LogP contribution in [0.3, 0.4) is 0 Å². The van der Waals surface area contributed by atoms with Crippen LogP contribution in [0.2, 0.25) is 0 Å². The summed E-state index contributed by atoms with van der Waals surface area (Å²) in [5.41, 5.74) is 1.12. The second-order valence-electron chi connectivity index (χ2n) is 4.12. The molecule has 1 aliphatic carbocycles. The molecule has 3 nitrogen and oxygen atoms in total. The molecule has 2 aliphatic rings. The Morgan fingerprint density at radius 3 is 2.93 bits per heavy atom. The Kier molecular flexibility index (Phi) is 2.47. The summed E-state index contributed by atoms with van der Waals surface area (Å²) in [7, 11) is 0. The van der Waals surface area contributed by atoms with Crippen LogP contribution in [0.15, 0.2) is 23.8 Å². The maximum Gasteiger partial charge on any atom is 0.164 e. The Balaban J connectivity index is 2.15. The minimum atomic E-state index is -0.515. The molecular weight excluding hydrogens is 180 g/mol. The molecule has 1 fully saturated rings. The number of rotatable bonds is 2. The molecule has 0 aromatic carbocycles. The van der Waals surface area contributed by atoms with Crippen LogP contribution >= 0.6 is 0 Å². The highest BCUT2D eigenvalue weighted by Gasteiger charge is 2.42. The molecule has 1 N–H and O–H groups in total. The molecule has 0 aromatic heterocycles. The Morgan fingerprint density at radius 1 is 1.43 bits per heavy atom. The van der Waals surface area contributed by atoms with E-state index in [4.69, 9.17) is 14.6 Å². The lowest BCUT2D eigenvalue weighted by Gasteiger charge is -2.20. The molecule has 0 radical (unpaired) electrons. The second kappa shape index (κ2) is 3.50. The first-order chi connectivity index (χ1) is 6.62. The van der Waals surface area contributed by atoms with E-state index in [-0.39, 0.29) is 18.8 Å². The lowest BCUT2D eigenvalue weighted by atomic mass is 9.97. The molecule has 1 aliphatic heterocycles. The zero-order valence-corrected chi connectivity index (χ0v) is 8.56. The van der Waals surface area contributed by atoms with Crippen molar-refractivity contribution in [3.05, 3.63) is 23.8 Å². The molecule has 14 heavy (non-hydrogen) atoms. The third kappa shape index (κ3) is 1.75. The Bertz CT molecular complexity index is 278. The van der Waals surface area contributed by atoms with Gasteiger partial charge in [0.25, 0.3) is 0 Å². The highest BCUT2D eigenvalue weighted by Crippen LogP contribution is 2.35. The van der Waals surface area contributed by atoms with Crippen LogP contribution < -0.4 is 0 Å². The minimum Gasteiger partial charge on any atom is -0.396 e. The van der Waals surface area contributed by atoms with E-state index in [1.54, 1.807) is 0 Å². The molecule has 0 amide bonds. The molecule has 1 heterocycles. The average Bonchev–Trinajstić information content (AvgIpc) is 2.41. The molecule has 2 atom stereocenters. The summed E-state index contributed by atoms with van der Waals surface area (Å²) in [4.78, 5) is 0. The Hall–Kier alpha value is -0.640. The van der Waals surface area contributed by atoms with E-state index < -0.39 is 5.79 Å². The van der Waals surface area contributed by atoms with Gasteiger partial charge in [0.2, 0.25) is 0 Å². The van der Waals surface area contributed by atoms with Gasteiger partial charge in [0, 0.05) is 6.61 Å². The third-order valence-corrected chi connectivity index (χ3v) is 2.51. The van der Waals surface area contributed by atoms with Crippen LogP contribution in [0.25, 0.3) is 0 Å². The Labute approximate surface area is 84.0 Å². The van der Waals surface area contributed by atoms with Gasteiger partial charge in [-0.25, -0.2) is 0 Å². The number of hydrogen-bond donors (Lipinski definition) is 1. The number of allylic oxidation sites excluding steroid dienone is 2. The van der Waals surface area contributed by atoms with Crippen molar-refractivity contribution >= 4 is 0 Å². The van der Waals surface area contributed by atoms with Gasteiger partial charge < -0.3 is 14.6 Å². The van der Waals surface area contributed by atoms with Crippen LogP contribution in [0.5, 0.6) is 0 Å². The normalized spacial score (nSPS) is 34.1. The van der Waals surface area contributed by atoms with E-state index in [1.165, 1.54) is 0 Å². The standard InChI is InChI=1S/C11H16O3/c1-11(2)13-9-5-3-4-8(6-7-12)10(9)14-11/h3-5,9-10,12H,6-7H2,1-2H3/t9-,10+/m0/s1. The second-order valence-corrected chi connectivity index (χ2v) is 4.12.